The Labute approximate surface area is 130 Å². The second-order valence-corrected chi connectivity index (χ2v) is 6.79. The molecule has 1 radical (unpaired) electrons. The molecule has 0 saturated heterocycles. The van der Waals surface area contributed by atoms with Gasteiger partial charge in [0.05, 0.1) is 17.1 Å². The van der Waals surface area contributed by atoms with Gasteiger partial charge in [0.2, 0.25) is 0 Å². The first kappa shape index (κ1) is 16.0. The molecule has 0 aliphatic carbocycles. The van der Waals surface area contributed by atoms with E-state index in [1.165, 1.54) is 18.5 Å². The summed E-state index contributed by atoms with van der Waals surface area (Å²) in [6, 6.07) is 8.30. The Morgan fingerprint density at radius 2 is 2.14 bits per heavy atom. The summed E-state index contributed by atoms with van der Waals surface area (Å²) < 4.78 is 28.9. The molecule has 113 valence electrons. The van der Waals surface area contributed by atoms with Crippen LogP contribution in [0.4, 0.5) is 0 Å². The molecule has 1 aromatic carbocycles. The predicted molar refractivity (Wildman–Crippen MR) is 82.2 cm³/mol. The first-order valence-electron chi connectivity index (χ1n) is 6.62. The number of aromatic nitrogens is 1. The normalized spacial score (nSPS) is 11.0. The number of pyridine rings is 1. The van der Waals surface area contributed by atoms with Gasteiger partial charge in [-0.25, -0.2) is 8.42 Å². The van der Waals surface area contributed by atoms with Gasteiger partial charge in [-0.15, -0.1) is 0 Å². The molecule has 5 nitrogen and oxygen atoms in total. The van der Waals surface area contributed by atoms with Crippen LogP contribution in [-0.4, -0.2) is 26.3 Å². The first-order chi connectivity index (χ1) is 10.4. The van der Waals surface area contributed by atoms with Gasteiger partial charge in [-0.05, 0) is 31.5 Å². The van der Waals surface area contributed by atoms with Crippen LogP contribution in [0.15, 0.2) is 29.4 Å². The Hall–Kier alpha value is -2.39. The molecular weight excluding hydrogens is 300 g/mol. The number of rotatable bonds is 4. The van der Waals surface area contributed by atoms with Crippen molar-refractivity contribution in [2.75, 3.05) is 12.9 Å². The van der Waals surface area contributed by atoms with Crippen molar-refractivity contribution in [2.45, 2.75) is 18.7 Å². The van der Waals surface area contributed by atoms with Crippen molar-refractivity contribution < 1.29 is 13.2 Å². The van der Waals surface area contributed by atoms with E-state index in [0.717, 1.165) is 11.8 Å². The summed E-state index contributed by atoms with van der Waals surface area (Å²) in [5.74, 6) is 0.414. The SMILES string of the molecule is CCOc1[c]cc(C)c(C#N)c1-c1cncc(S(C)(=O)=O)c1. The van der Waals surface area contributed by atoms with Gasteiger partial charge in [-0.2, -0.15) is 5.26 Å². The van der Waals surface area contributed by atoms with Crippen LogP contribution in [0.3, 0.4) is 0 Å². The minimum Gasteiger partial charge on any atom is -0.493 e. The summed E-state index contributed by atoms with van der Waals surface area (Å²) in [7, 11) is -3.38. The number of sulfone groups is 1. The van der Waals surface area contributed by atoms with E-state index in [-0.39, 0.29) is 4.90 Å². The highest BCUT2D eigenvalue weighted by atomic mass is 32.2. The summed E-state index contributed by atoms with van der Waals surface area (Å²) in [4.78, 5) is 4.07. The van der Waals surface area contributed by atoms with Crippen LogP contribution in [-0.2, 0) is 9.84 Å². The molecule has 0 aliphatic heterocycles. The van der Waals surface area contributed by atoms with Crippen molar-refractivity contribution in [1.29, 1.82) is 5.26 Å². The van der Waals surface area contributed by atoms with Crippen molar-refractivity contribution in [3.63, 3.8) is 0 Å². The van der Waals surface area contributed by atoms with Crippen LogP contribution >= 0.6 is 0 Å². The van der Waals surface area contributed by atoms with E-state index in [4.69, 9.17) is 4.74 Å². The highest BCUT2D eigenvalue weighted by Crippen LogP contribution is 2.35. The minimum absolute atomic E-state index is 0.0952. The third kappa shape index (κ3) is 3.10. The zero-order valence-electron chi connectivity index (χ0n) is 12.5. The molecule has 0 saturated carbocycles. The molecule has 0 aliphatic rings. The zero-order valence-corrected chi connectivity index (χ0v) is 13.4. The van der Waals surface area contributed by atoms with Crippen molar-refractivity contribution in [1.82, 2.24) is 4.98 Å². The lowest BCUT2D eigenvalue weighted by molar-refractivity contribution is 0.340. The van der Waals surface area contributed by atoms with Gasteiger partial charge < -0.3 is 4.74 Å². The molecule has 0 fully saturated rings. The van der Waals surface area contributed by atoms with E-state index in [2.05, 4.69) is 17.1 Å². The maximum Gasteiger partial charge on any atom is 0.177 e. The van der Waals surface area contributed by atoms with Crippen LogP contribution < -0.4 is 4.74 Å². The van der Waals surface area contributed by atoms with Gasteiger partial charge in [0.15, 0.2) is 9.84 Å². The molecule has 6 heteroatoms. The van der Waals surface area contributed by atoms with Gasteiger partial charge >= 0.3 is 0 Å². The monoisotopic (exact) mass is 315 g/mol. The number of ether oxygens (including phenoxy) is 1. The van der Waals surface area contributed by atoms with E-state index in [9.17, 15) is 13.7 Å². The van der Waals surface area contributed by atoms with Gasteiger partial charge in [-0.3, -0.25) is 4.98 Å². The Kier molecular flexibility index (Phi) is 4.48. The van der Waals surface area contributed by atoms with Crippen LogP contribution in [0.1, 0.15) is 18.1 Å². The van der Waals surface area contributed by atoms with Gasteiger partial charge in [0, 0.05) is 35.8 Å². The smallest absolute Gasteiger partial charge is 0.177 e. The van der Waals surface area contributed by atoms with Crippen molar-refractivity contribution in [3.05, 3.63) is 41.7 Å². The number of hydrogen-bond donors (Lipinski definition) is 0. The topological polar surface area (TPSA) is 80.0 Å². The molecule has 0 spiro atoms. The molecule has 2 rings (SSSR count). The van der Waals surface area contributed by atoms with E-state index in [1.807, 2.05) is 6.92 Å². The number of hydrogen-bond acceptors (Lipinski definition) is 5. The van der Waals surface area contributed by atoms with Crippen LogP contribution in [0.5, 0.6) is 5.75 Å². The van der Waals surface area contributed by atoms with E-state index >= 15 is 0 Å². The minimum atomic E-state index is -3.38. The van der Waals surface area contributed by atoms with Gasteiger partial charge in [0.1, 0.15) is 11.8 Å². The lowest BCUT2D eigenvalue weighted by Gasteiger charge is -2.13. The summed E-state index contributed by atoms with van der Waals surface area (Å²) >= 11 is 0. The number of aryl methyl sites for hydroxylation is 1. The Balaban J connectivity index is 2.76. The standard InChI is InChI=1S/C16H15N2O3S/c1-4-21-15-6-5-11(2)14(8-17)16(15)12-7-13(10-18-9-12)22(3,19)20/h5,7,9-10H,4H2,1-3H3. The average molecular weight is 315 g/mol. The molecule has 0 N–H and O–H groups in total. The molecule has 22 heavy (non-hydrogen) atoms. The number of benzene rings is 1. The molecule has 0 atom stereocenters. The van der Waals surface area contributed by atoms with Crippen molar-refractivity contribution >= 4 is 9.84 Å². The summed E-state index contributed by atoms with van der Waals surface area (Å²) in [6.07, 6.45) is 3.91. The molecular formula is C16H15N2O3S. The summed E-state index contributed by atoms with van der Waals surface area (Å²) in [5, 5.41) is 9.42. The Bertz CT molecular complexity index is 852. The maximum atomic E-state index is 11.7. The largest absolute Gasteiger partial charge is 0.493 e. The second kappa shape index (κ2) is 6.16. The number of nitriles is 1. The third-order valence-electron chi connectivity index (χ3n) is 3.12. The molecule has 1 aromatic heterocycles. The fourth-order valence-electron chi connectivity index (χ4n) is 2.06. The van der Waals surface area contributed by atoms with Crippen LogP contribution in [0.25, 0.3) is 11.1 Å². The van der Waals surface area contributed by atoms with Crippen molar-refractivity contribution in [3.8, 4) is 22.9 Å². The molecule has 2 aromatic rings. The van der Waals surface area contributed by atoms with Gasteiger partial charge in [0.25, 0.3) is 0 Å². The quantitative estimate of drug-likeness (QED) is 0.866. The van der Waals surface area contributed by atoms with Gasteiger partial charge in [-0.1, -0.05) is 0 Å². The first-order valence-corrected chi connectivity index (χ1v) is 8.51. The number of nitrogens with zero attached hydrogens (tertiary/aromatic N) is 2. The Morgan fingerprint density at radius 1 is 1.41 bits per heavy atom. The molecule has 1 heterocycles. The van der Waals surface area contributed by atoms with Crippen LogP contribution in [0, 0.1) is 24.3 Å². The fourth-order valence-corrected chi connectivity index (χ4v) is 2.66. The van der Waals surface area contributed by atoms with E-state index in [1.54, 1.807) is 13.0 Å². The highest BCUT2D eigenvalue weighted by Gasteiger charge is 2.17. The predicted octanol–water partition coefficient (Wildman–Crippen LogP) is 2.53. The maximum absolute atomic E-state index is 11.7. The van der Waals surface area contributed by atoms with E-state index in [0.29, 0.717) is 29.0 Å². The summed E-state index contributed by atoms with van der Waals surface area (Å²) in [5.41, 5.74) is 2.20. The van der Waals surface area contributed by atoms with Crippen molar-refractivity contribution in [2.24, 2.45) is 0 Å². The average Bonchev–Trinajstić information content (AvgIpc) is 2.48. The van der Waals surface area contributed by atoms with E-state index < -0.39 is 9.84 Å². The molecule has 0 amide bonds. The zero-order chi connectivity index (χ0) is 16.3. The lowest BCUT2D eigenvalue weighted by atomic mass is 9.97. The Morgan fingerprint density at radius 3 is 2.73 bits per heavy atom. The van der Waals surface area contributed by atoms with Crippen LogP contribution in [0.2, 0.25) is 0 Å². The lowest BCUT2D eigenvalue weighted by Crippen LogP contribution is -2.01. The third-order valence-corrected chi connectivity index (χ3v) is 4.20. The molecule has 0 unspecified atom stereocenters. The summed E-state index contributed by atoms with van der Waals surface area (Å²) in [6.45, 7) is 4.04. The molecule has 0 bridgehead atoms. The highest BCUT2D eigenvalue weighted by molar-refractivity contribution is 7.90. The second-order valence-electron chi connectivity index (χ2n) is 4.78. The fraction of sp³-hybridized carbons (Fsp3) is 0.250.